The van der Waals surface area contributed by atoms with Crippen molar-refractivity contribution in [3.8, 4) is 0 Å². The standard InChI is InChI=1S/C16H23N3/c1-11(2)9-12(3)19(4)15-6-5-13-10-18-8-7-14(13)16(15)17/h5-8,10-12H,9,17H2,1-4H3. The molecule has 102 valence electrons. The van der Waals surface area contributed by atoms with Crippen LogP contribution in [0.3, 0.4) is 0 Å². The average Bonchev–Trinajstić information content (AvgIpc) is 2.38. The predicted octanol–water partition coefficient (Wildman–Crippen LogP) is 3.69. The van der Waals surface area contributed by atoms with Crippen LogP contribution in [0.4, 0.5) is 11.4 Å². The number of rotatable bonds is 4. The monoisotopic (exact) mass is 257 g/mol. The predicted molar refractivity (Wildman–Crippen MR) is 83.5 cm³/mol. The van der Waals surface area contributed by atoms with Crippen LogP contribution < -0.4 is 10.6 Å². The molecular formula is C16H23N3. The van der Waals surface area contributed by atoms with Gasteiger partial charge in [0.05, 0.1) is 11.4 Å². The van der Waals surface area contributed by atoms with Gasteiger partial charge >= 0.3 is 0 Å². The molecule has 3 nitrogen and oxygen atoms in total. The number of anilines is 2. The number of hydrogen-bond acceptors (Lipinski definition) is 3. The highest BCUT2D eigenvalue weighted by Crippen LogP contribution is 2.32. The molecule has 19 heavy (non-hydrogen) atoms. The van der Waals surface area contributed by atoms with E-state index in [1.165, 1.54) is 0 Å². The van der Waals surface area contributed by atoms with Gasteiger partial charge in [0, 0.05) is 36.3 Å². The summed E-state index contributed by atoms with van der Waals surface area (Å²) >= 11 is 0. The van der Waals surface area contributed by atoms with E-state index < -0.39 is 0 Å². The lowest BCUT2D eigenvalue weighted by molar-refractivity contribution is 0.504. The lowest BCUT2D eigenvalue weighted by Gasteiger charge is -2.29. The Kier molecular flexibility index (Phi) is 3.93. The number of hydrogen-bond donors (Lipinski definition) is 1. The first-order chi connectivity index (χ1) is 9.00. The third-order valence-electron chi connectivity index (χ3n) is 3.69. The minimum Gasteiger partial charge on any atom is -0.397 e. The van der Waals surface area contributed by atoms with E-state index >= 15 is 0 Å². The van der Waals surface area contributed by atoms with E-state index in [9.17, 15) is 0 Å². The Hall–Kier alpha value is -1.77. The largest absolute Gasteiger partial charge is 0.397 e. The second kappa shape index (κ2) is 5.47. The van der Waals surface area contributed by atoms with Crippen molar-refractivity contribution in [1.82, 2.24) is 4.98 Å². The van der Waals surface area contributed by atoms with Crippen LogP contribution in [-0.2, 0) is 0 Å². The van der Waals surface area contributed by atoms with Gasteiger partial charge in [0.25, 0.3) is 0 Å². The van der Waals surface area contributed by atoms with Crippen molar-refractivity contribution in [1.29, 1.82) is 0 Å². The van der Waals surface area contributed by atoms with E-state index in [1.54, 1.807) is 6.20 Å². The second-order valence-corrected chi connectivity index (χ2v) is 5.68. The molecule has 0 aliphatic carbocycles. The molecule has 0 radical (unpaired) electrons. The quantitative estimate of drug-likeness (QED) is 0.849. The van der Waals surface area contributed by atoms with Crippen molar-refractivity contribution in [2.24, 2.45) is 5.92 Å². The summed E-state index contributed by atoms with van der Waals surface area (Å²) in [6.07, 6.45) is 4.80. The summed E-state index contributed by atoms with van der Waals surface area (Å²) < 4.78 is 0. The molecule has 0 saturated heterocycles. The number of benzene rings is 1. The molecule has 2 rings (SSSR count). The van der Waals surface area contributed by atoms with Crippen LogP contribution in [0.25, 0.3) is 10.8 Å². The van der Waals surface area contributed by atoms with Crippen molar-refractivity contribution in [2.75, 3.05) is 17.7 Å². The van der Waals surface area contributed by atoms with Crippen molar-refractivity contribution in [2.45, 2.75) is 33.2 Å². The van der Waals surface area contributed by atoms with Gasteiger partial charge in [-0.2, -0.15) is 0 Å². The molecule has 0 bridgehead atoms. The summed E-state index contributed by atoms with van der Waals surface area (Å²) in [6.45, 7) is 6.75. The van der Waals surface area contributed by atoms with Crippen molar-refractivity contribution >= 4 is 22.1 Å². The smallest absolute Gasteiger partial charge is 0.0632 e. The maximum atomic E-state index is 6.32. The van der Waals surface area contributed by atoms with E-state index in [4.69, 9.17) is 5.73 Å². The van der Waals surface area contributed by atoms with Crippen molar-refractivity contribution in [3.05, 3.63) is 30.6 Å². The van der Waals surface area contributed by atoms with Gasteiger partial charge in [0.15, 0.2) is 0 Å². The van der Waals surface area contributed by atoms with E-state index in [-0.39, 0.29) is 0 Å². The van der Waals surface area contributed by atoms with Gasteiger partial charge < -0.3 is 10.6 Å². The Morgan fingerprint density at radius 3 is 2.63 bits per heavy atom. The lowest BCUT2D eigenvalue weighted by atomic mass is 10.0. The van der Waals surface area contributed by atoms with E-state index in [0.717, 1.165) is 28.6 Å². The Balaban J connectivity index is 2.37. The molecule has 0 aliphatic rings. The Bertz CT molecular complexity index is 563. The zero-order chi connectivity index (χ0) is 14.0. The first kappa shape index (κ1) is 13.7. The minimum atomic E-state index is 0.474. The molecule has 0 saturated carbocycles. The fourth-order valence-corrected chi connectivity index (χ4v) is 2.57. The SMILES string of the molecule is CC(C)CC(C)N(C)c1ccc2cnccc2c1N. The second-order valence-electron chi connectivity index (χ2n) is 5.68. The summed E-state index contributed by atoms with van der Waals surface area (Å²) in [5.74, 6) is 0.684. The van der Waals surface area contributed by atoms with Crippen LogP contribution in [-0.4, -0.2) is 18.1 Å². The molecule has 3 heteroatoms. The average molecular weight is 257 g/mol. The van der Waals surface area contributed by atoms with Crippen LogP contribution in [0.2, 0.25) is 0 Å². The molecule has 1 unspecified atom stereocenters. The summed E-state index contributed by atoms with van der Waals surface area (Å²) in [5.41, 5.74) is 8.27. The number of fused-ring (bicyclic) bond motifs is 1. The van der Waals surface area contributed by atoms with Gasteiger partial charge in [-0.15, -0.1) is 0 Å². The van der Waals surface area contributed by atoms with Gasteiger partial charge in [0.1, 0.15) is 0 Å². The maximum absolute atomic E-state index is 6.32. The Labute approximate surface area is 115 Å². The highest BCUT2D eigenvalue weighted by Gasteiger charge is 2.15. The zero-order valence-corrected chi connectivity index (χ0v) is 12.2. The molecule has 0 aliphatic heterocycles. The topological polar surface area (TPSA) is 42.2 Å². The molecule has 1 heterocycles. The van der Waals surface area contributed by atoms with Crippen LogP contribution in [0, 0.1) is 5.92 Å². The van der Waals surface area contributed by atoms with Crippen LogP contribution in [0.5, 0.6) is 0 Å². The zero-order valence-electron chi connectivity index (χ0n) is 12.2. The molecule has 0 fully saturated rings. The van der Waals surface area contributed by atoms with E-state index in [0.29, 0.717) is 12.0 Å². The Morgan fingerprint density at radius 2 is 1.95 bits per heavy atom. The van der Waals surface area contributed by atoms with Crippen molar-refractivity contribution < 1.29 is 0 Å². The van der Waals surface area contributed by atoms with Gasteiger partial charge in [-0.3, -0.25) is 4.98 Å². The molecule has 1 atom stereocenters. The number of nitrogens with two attached hydrogens (primary N) is 1. The molecule has 1 aromatic carbocycles. The molecule has 0 spiro atoms. The molecule has 1 aromatic heterocycles. The first-order valence-corrected chi connectivity index (χ1v) is 6.85. The molecule has 0 amide bonds. The fourth-order valence-electron chi connectivity index (χ4n) is 2.57. The summed E-state index contributed by atoms with van der Waals surface area (Å²) in [7, 11) is 2.12. The number of pyridine rings is 1. The van der Waals surface area contributed by atoms with Crippen molar-refractivity contribution in [3.63, 3.8) is 0 Å². The molecule has 2 aromatic rings. The summed E-state index contributed by atoms with van der Waals surface area (Å²) in [5, 5.41) is 2.17. The summed E-state index contributed by atoms with van der Waals surface area (Å²) in [4.78, 5) is 6.41. The normalized spacial score (nSPS) is 12.9. The third-order valence-corrected chi connectivity index (χ3v) is 3.69. The highest BCUT2D eigenvalue weighted by molar-refractivity contribution is 5.98. The Morgan fingerprint density at radius 1 is 1.21 bits per heavy atom. The van der Waals surface area contributed by atoms with Gasteiger partial charge in [0.2, 0.25) is 0 Å². The van der Waals surface area contributed by atoms with Gasteiger partial charge in [-0.25, -0.2) is 0 Å². The van der Waals surface area contributed by atoms with Crippen LogP contribution in [0.15, 0.2) is 30.6 Å². The highest BCUT2D eigenvalue weighted by atomic mass is 15.1. The first-order valence-electron chi connectivity index (χ1n) is 6.85. The summed E-state index contributed by atoms with van der Waals surface area (Å²) in [6, 6.07) is 6.64. The van der Waals surface area contributed by atoms with Crippen LogP contribution >= 0.6 is 0 Å². The fraction of sp³-hybridized carbons (Fsp3) is 0.438. The van der Waals surface area contributed by atoms with E-state index in [2.05, 4.69) is 49.8 Å². The third kappa shape index (κ3) is 2.80. The molecular weight excluding hydrogens is 234 g/mol. The number of nitrogens with zero attached hydrogens (tertiary/aromatic N) is 2. The lowest BCUT2D eigenvalue weighted by Crippen LogP contribution is -2.30. The molecule has 2 N–H and O–H groups in total. The maximum Gasteiger partial charge on any atom is 0.0632 e. The van der Waals surface area contributed by atoms with Gasteiger partial charge in [-0.05, 0) is 31.4 Å². The van der Waals surface area contributed by atoms with E-state index in [1.807, 2.05) is 12.3 Å². The van der Waals surface area contributed by atoms with Crippen LogP contribution in [0.1, 0.15) is 27.2 Å². The number of nitrogen functional groups attached to an aromatic ring is 1. The number of aromatic nitrogens is 1. The minimum absolute atomic E-state index is 0.474. The van der Waals surface area contributed by atoms with Gasteiger partial charge in [-0.1, -0.05) is 19.9 Å².